The van der Waals surface area contributed by atoms with Crippen LogP contribution < -0.4 is 4.74 Å². The monoisotopic (exact) mass is 271 g/mol. The van der Waals surface area contributed by atoms with E-state index in [1.807, 2.05) is 31.2 Å². The fourth-order valence-corrected chi connectivity index (χ4v) is 1.80. The van der Waals surface area contributed by atoms with Crippen LogP contribution in [0.5, 0.6) is 5.75 Å². The molecule has 0 amide bonds. The van der Waals surface area contributed by atoms with Crippen LogP contribution in [0.2, 0.25) is 0 Å². The maximum atomic E-state index is 11.6. The van der Waals surface area contributed by atoms with Crippen LogP contribution in [0.4, 0.5) is 0 Å². The Bertz CT molecular complexity index is 625. The van der Waals surface area contributed by atoms with E-state index >= 15 is 0 Å². The molecule has 2 aromatic rings. The van der Waals surface area contributed by atoms with Gasteiger partial charge in [-0.1, -0.05) is 36.4 Å². The molecule has 0 aliphatic carbocycles. The predicted octanol–water partition coefficient (Wildman–Crippen LogP) is 3.41. The van der Waals surface area contributed by atoms with E-state index in [4.69, 9.17) is 4.74 Å². The Balaban J connectivity index is 2.16. The highest BCUT2D eigenvalue weighted by molar-refractivity contribution is 5.90. The highest BCUT2D eigenvalue weighted by Gasteiger charge is 2.13. The van der Waals surface area contributed by atoms with E-state index in [1.165, 1.54) is 0 Å². The van der Waals surface area contributed by atoms with Crippen molar-refractivity contribution < 1.29 is 14.4 Å². The van der Waals surface area contributed by atoms with Gasteiger partial charge in [0.2, 0.25) is 0 Å². The van der Waals surface area contributed by atoms with E-state index in [0.717, 1.165) is 11.3 Å². The minimum atomic E-state index is -0.788. The molecule has 0 aromatic heterocycles. The van der Waals surface area contributed by atoms with Gasteiger partial charge in [-0.3, -0.25) is 4.84 Å². The lowest BCUT2D eigenvalue weighted by Gasteiger charge is -2.10. The lowest BCUT2D eigenvalue weighted by molar-refractivity contribution is 0.0505. The van der Waals surface area contributed by atoms with Crippen LogP contribution in [0.1, 0.15) is 21.5 Å². The number of hydrogen-bond acceptors (Lipinski definition) is 5. The summed E-state index contributed by atoms with van der Waals surface area (Å²) in [5.41, 5.74) is 1.90. The van der Waals surface area contributed by atoms with Crippen molar-refractivity contribution in [1.29, 1.82) is 0 Å². The second-order valence-corrected chi connectivity index (χ2v) is 4.16. The molecule has 0 N–H and O–H groups in total. The Kier molecular flexibility index (Phi) is 4.44. The Hall–Kier alpha value is -2.69. The lowest BCUT2D eigenvalue weighted by atomic mass is 10.1. The van der Waals surface area contributed by atoms with Crippen molar-refractivity contribution in [3.63, 3.8) is 0 Å². The number of carbonyl (C=O) groups is 1. The zero-order chi connectivity index (χ0) is 14.4. The third-order valence-electron chi connectivity index (χ3n) is 2.83. The third-order valence-corrected chi connectivity index (χ3v) is 2.83. The van der Waals surface area contributed by atoms with Crippen molar-refractivity contribution in [3.05, 3.63) is 70.1 Å². The zero-order valence-corrected chi connectivity index (χ0v) is 10.9. The Morgan fingerprint density at radius 2 is 1.80 bits per heavy atom. The van der Waals surface area contributed by atoms with Gasteiger partial charge in [0.25, 0.3) is 0 Å². The van der Waals surface area contributed by atoms with Crippen molar-refractivity contribution in [2.45, 2.75) is 13.5 Å². The minimum absolute atomic E-state index is 0.203. The van der Waals surface area contributed by atoms with Crippen LogP contribution >= 0.6 is 0 Å². The van der Waals surface area contributed by atoms with Gasteiger partial charge in [0, 0.05) is 5.56 Å². The fourth-order valence-electron chi connectivity index (χ4n) is 1.80. The lowest BCUT2D eigenvalue weighted by Crippen LogP contribution is -2.07. The second kappa shape index (κ2) is 6.47. The summed E-state index contributed by atoms with van der Waals surface area (Å²) >= 11 is 0. The topological polar surface area (TPSA) is 65.0 Å². The van der Waals surface area contributed by atoms with Gasteiger partial charge in [-0.15, -0.1) is 4.91 Å². The van der Waals surface area contributed by atoms with Crippen LogP contribution in [-0.2, 0) is 11.4 Å². The molecule has 0 aliphatic heterocycles. The summed E-state index contributed by atoms with van der Waals surface area (Å²) < 4.78 is 5.68. The smallest absolute Gasteiger partial charge is 0.369 e. The van der Waals surface area contributed by atoms with Gasteiger partial charge in [0.05, 0.1) is 5.56 Å². The van der Waals surface area contributed by atoms with Crippen molar-refractivity contribution in [2.75, 3.05) is 0 Å². The molecule has 5 nitrogen and oxygen atoms in total. The number of para-hydroxylation sites is 1. The van der Waals surface area contributed by atoms with Crippen molar-refractivity contribution in [2.24, 2.45) is 5.34 Å². The first-order valence-corrected chi connectivity index (χ1v) is 6.02. The Morgan fingerprint density at radius 1 is 1.10 bits per heavy atom. The van der Waals surface area contributed by atoms with Crippen molar-refractivity contribution in [1.82, 2.24) is 0 Å². The number of rotatable bonds is 5. The molecule has 0 radical (unpaired) electrons. The van der Waals surface area contributed by atoms with Crippen molar-refractivity contribution >= 4 is 5.97 Å². The fraction of sp³-hybridized carbons (Fsp3) is 0.133. The second-order valence-electron chi connectivity index (χ2n) is 4.16. The maximum Gasteiger partial charge on any atom is 0.369 e. The van der Waals surface area contributed by atoms with E-state index in [-0.39, 0.29) is 12.2 Å². The quantitative estimate of drug-likeness (QED) is 0.617. The molecule has 20 heavy (non-hydrogen) atoms. The molecule has 0 unspecified atom stereocenters. The Labute approximate surface area is 116 Å². The largest absolute Gasteiger partial charge is 0.489 e. The molecular weight excluding hydrogens is 258 g/mol. The SMILES string of the molecule is Cc1ccccc1OCc1ccccc1C(=O)ON=O. The molecular formula is C15H13NO4. The van der Waals surface area contributed by atoms with Gasteiger partial charge in [-0.2, -0.15) is 0 Å². The van der Waals surface area contributed by atoms with E-state index in [9.17, 15) is 9.70 Å². The van der Waals surface area contributed by atoms with Crippen LogP contribution in [0.25, 0.3) is 0 Å². The van der Waals surface area contributed by atoms with Crippen LogP contribution in [0.3, 0.4) is 0 Å². The molecule has 0 saturated carbocycles. The molecule has 0 heterocycles. The van der Waals surface area contributed by atoms with Gasteiger partial charge in [-0.25, -0.2) is 4.79 Å². The van der Waals surface area contributed by atoms with Crippen molar-refractivity contribution in [3.8, 4) is 5.75 Å². The number of aryl methyl sites for hydroxylation is 1. The molecule has 0 aliphatic rings. The minimum Gasteiger partial charge on any atom is -0.489 e. The number of hydrogen-bond donors (Lipinski definition) is 0. The summed E-state index contributed by atoms with van der Waals surface area (Å²) in [5.74, 6) is -0.0480. The molecule has 0 atom stereocenters. The molecule has 5 heteroatoms. The first-order valence-electron chi connectivity index (χ1n) is 6.02. The zero-order valence-electron chi connectivity index (χ0n) is 10.9. The molecule has 2 rings (SSSR count). The summed E-state index contributed by atoms with van der Waals surface area (Å²) in [4.78, 5) is 25.7. The first-order chi connectivity index (χ1) is 9.72. The van der Waals surface area contributed by atoms with Crippen LogP contribution in [-0.4, -0.2) is 5.97 Å². The summed E-state index contributed by atoms with van der Waals surface area (Å²) in [7, 11) is 0. The van der Waals surface area contributed by atoms with E-state index in [0.29, 0.717) is 5.56 Å². The van der Waals surface area contributed by atoms with Gasteiger partial charge in [-0.05, 0) is 24.6 Å². The number of carbonyl (C=O) groups excluding carboxylic acids is 1. The summed E-state index contributed by atoms with van der Waals surface area (Å²) in [5, 5.41) is 2.15. The number of ether oxygens (including phenoxy) is 1. The number of nitrogens with zero attached hydrogens (tertiary/aromatic N) is 1. The summed E-state index contributed by atoms with van der Waals surface area (Å²) in [6.45, 7) is 2.14. The summed E-state index contributed by atoms with van der Waals surface area (Å²) in [6.07, 6.45) is 0. The first kappa shape index (κ1) is 13.7. The van der Waals surface area contributed by atoms with E-state index < -0.39 is 5.97 Å². The van der Waals surface area contributed by atoms with Gasteiger partial charge >= 0.3 is 5.97 Å². The molecule has 0 saturated heterocycles. The van der Waals surface area contributed by atoms with Crippen LogP contribution in [0.15, 0.2) is 53.9 Å². The van der Waals surface area contributed by atoms with Gasteiger partial charge in [0.15, 0.2) is 5.34 Å². The normalized spacial score (nSPS) is 9.85. The molecule has 102 valence electrons. The molecule has 2 aromatic carbocycles. The van der Waals surface area contributed by atoms with E-state index in [2.05, 4.69) is 10.2 Å². The average Bonchev–Trinajstić information content (AvgIpc) is 2.47. The maximum absolute atomic E-state index is 11.6. The molecule has 0 fully saturated rings. The predicted molar refractivity (Wildman–Crippen MR) is 73.2 cm³/mol. The standard InChI is InChI=1S/C15H13NO4/c1-11-6-2-5-9-14(11)19-10-12-7-3-4-8-13(12)15(17)20-16-18/h2-9H,10H2,1H3. The average molecular weight is 271 g/mol. The van der Waals surface area contributed by atoms with Gasteiger partial charge < -0.3 is 4.74 Å². The number of benzene rings is 2. The van der Waals surface area contributed by atoms with E-state index in [1.54, 1.807) is 24.3 Å². The molecule has 0 bridgehead atoms. The third kappa shape index (κ3) is 3.20. The highest BCUT2D eigenvalue weighted by Crippen LogP contribution is 2.19. The molecule has 0 spiro atoms. The summed E-state index contributed by atoms with van der Waals surface area (Å²) in [6, 6.07) is 14.3. The Morgan fingerprint density at radius 3 is 2.55 bits per heavy atom. The highest BCUT2D eigenvalue weighted by atomic mass is 16.7. The van der Waals surface area contributed by atoms with Gasteiger partial charge in [0.1, 0.15) is 12.4 Å². The van der Waals surface area contributed by atoms with Crippen LogP contribution in [0, 0.1) is 11.8 Å².